The minimum atomic E-state index is -1.10. The van der Waals surface area contributed by atoms with Gasteiger partial charge in [-0.25, -0.2) is 14.5 Å². The number of H-pyrrole nitrogens is 1. The zero-order valence-electron chi connectivity index (χ0n) is 13.8. The van der Waals surface area contributed by atoms with Crippen LogP contribution in [0, 0.1) is 6.92 Å². The summed E-state index contributed by atoms with van der Waals surface area (Å²) in [7, 11) is 0. The van der Waals surface area contributed by atoms with Crippen molar-refractivity contribution in [2.24, 2.45) is 0 Å². The first-order valence-electron chi connectivity index (χ1n) is 7.91. The molecule has 2 aromatic carbocycles. The first-order valence-corrected chi connectivity index (χ1v) is 7.91. The number of aromatic amines is 1. The molecular formula is C19H14N4O3. The van der Waals surface area contributed by atoms with Crippen molar-refractivity contribution in [3.05, 3.63) is 76.3 Å². The first-order chi connectivity index (χ1) is 12.5. The van der Waals surface area contributed by atoms with E-state index in [0.29, 0.717) is 10.9 Å². The highest BCUT2D eigenvalue weighted by atomic mass is 16.4. The number of nitrogens with one attached hydrogen (secondary N) is 1. The molecule has 0 fully saturated rings. The average Bonchev–Trinajstić information content (AvgIpc) is 3.13. The van der Waals surface area contributed by atoms with Gasteiger partial charge < -0.3 is 5.11 Å². The van der Waals surface area contributed by atoms with Crippen LogP contribution in [0.2, 0.25) is 0 Å². The third-order valence-corrected chi connectivity index (χ3v) is 4.12. The lowest BCUT2D eigenvalue weighted by molar-refractivity contribution is 0.0697. The molecule has 128 valence electrons. The van der Waals surface area contributed by atoms with Crippen molar-refractivity contribution in [1.29, 1.82) is 0 Å². The number of benzene rings is 2. The fourth-order valence-electron chi connectivity index (χ4n) is 2.71. The lowest BCUT2D eigenvalue weighted by Gasteiger charge is -2.06. The van der Waals surface area contributed by atoms with Gasteiger partial charge in [-0.15, -0.1) is 0 Å². The summed E-state index contributed by atoms with van der Waals surface area (Å²) in [6.07, 6.45) is 2.50. The van der Waals surface area contributed by atoms with Crippen molar-refractivity contribution in [1.82, 2.24) is 19.7 Å². The van der Waals surface area contributed by atoms with Gasteiger partial charge in [-0.2, -0.15) is 5.10 Å². The van der Waals surface area contributed by atoms with Gasteiger partial charge in [0.05, 0.1) is 22.7 Å². The van der Waals surface area contributed by atoms with Gasteiger partial charge >= 0.3 is 5.97 Å². The number of aromatic nitrogens is 4. The molecule has 0 bridgehead atoms. The van der Waals surface area contributed by atoms with Crippen molar-refractivity contribution in [3.8, 4) is 17.1 Å². The molecule has 0 saturated carbocycles. The molecule has 0 aliphatic heterocycles. The fourth-order valence-corrected chi connectivity index (χ4v) is 2.71. The van der Waals surface area contributed by atoms with Crippen molar-refractivity contribution in [3.63, 3.8) is 0 Å². The molecule has 0 saturated heterocycles. The lowest BCUT2D eigenvalue weighted by Crippen LogP contribution is -2.14. The molecular weight excluding hydrogens is 332 g/mol. The topological polar surface area (TPSA) is 101 Å². The molecule has 4 rings (SSSR count). The zero-order valence-corrected chi connectivity index (χ0v) is 13.8. The van der Waals surface area contributed by atoms with Crippen LogP contribution in [0.15, 0.2) is 59.7 Å². The largest absolute Gasteiger partial charge is 0.478 e. The SMILES string of the molecule is Cc1ccc(-c2ccc3nc(-n4cc(C(=O)O)cn4)[nH]c(=O)c3c2)cc1. The van der Waals surface area contributed by atoms with E-state index in [1.54, 1.807) is 12.1 Å². The zero-order chi connectivity index (χ0) is 18.3. The molecule has 26 heavy (non-hydrogen) atoms. The Morgan fingerprint density at radius 1 is 1.12 bits per heavy atom. The van der Waals surface area contributed by atoms with E-state index < -0.39 is 5.97 Å². The number of carbonyl (C=O) groups is 1. The molecule has 0 amide bonds. The maximum Gasteiger partial charge on any atom is 0.338 e. The molecule has 4 aromatic rings. The molecule has 0 radical (unpaired) electrons. The van der Waals surface area contributed by atoms with E-state index in [4.69, 9.17) is 5.11 Å². The van der Waals surface area contributed by atoms with Gasteiger partial charge in [0.25, 0.3) is 5.56 Å². The van der Waals surface area contributed by atoms with Crippen LogP contribution in [0.5, 0.6) is 0 Å². The Bertz CT molecular complexity index is 1190. The Morgan fingerprint density at radius 2 is 1.85 bits per heavy atom. The number of hydrogen-bond donors (Lipinski definition) is 2. The minimum absolute atomic E-state index is 0.0162. The molecule has 0 unspecified atom stereocenters. The van der Waals surface area contributed by atoms with Gasteiger partial charge in [0.2, 0.25) is 5.95 Å². The molecule has 0 aliphatic carbocycles. The number of aromatic carboxylic acids is 1. The fraction of sp³-hybridized carbons (Fsp3) is 0.0526. The Labute approximate surface area is 147 Å². The number of nitrogens with zero attached hydrogens (tertiary/aromatic N) is 3. The minimum Gasteiger partial charge on any atom is -0.478 e. The average molecular weight is 346 g/mol. The maximum atomic E-state index is 12.5. The normalized spacial score (nSPS) is 11.0. The lowest BCUT2D eigenvalue weighted by atomic mass is 10.0. The second-order valence-electron chi connectivity index (χ2n) is 5.97. The summed E-state index contributed by atoms with van der Waals surface area (Å²) in [5, 5.41) is 13.4. The summed E-state index contributed by atoms with van der Waals surface area (Å²) >= 11 is 0. The molecule has 2 heterocycles. The van der Waals surface area contributed by atoms with Crippen LogP contribution in [-0.4, -0.2) is 30.8 Å². The van der Waals surface area contributed by atoms with Crippen LogP contribution >= 0.6 is 0 Å². The van der Waals surface area contributed by atoms with Gasteiger partial charge in [0, 0.05) is 6.20 Å². The number of carboxylic acid groups (broad SMARTS) is 1. The summed E-state index contributed by atoms with van der Waals surface area (Å²) in [6.45, 7) is 2.02. The highest BCUT2D eigenvalue weighted by Crippen LogP contribution is 2.22. The molecule has 0 spiro atoms. The molecule has 0 aliphatic rings. The summed E-state index contributed by atoms with van der Waals surface area (Å²) in [5.74, 6) is -0.930. The van der Waals surface area contributed by atoms with E-state index in [1.165, 1.54) is 22.6 Å². The standard InChI is InChI=1S/C19H14N4O3/c1-11-2-4-12(5-3-11)13-6-7-16-15(8-13)17(24)22-19(21-16)23-10-14(9-20-23)18(25)26/h2-10H,1H3,(H,25,26)(H,21,22,24). The van der Waals surface area contributed by atoms with Crippen LogP contribution in [-0.2, 0) is 0 Å². The molecule has 2 N–H and O–H groups in total. The summed E-state index contributed by atoms with van der Waals surface area (Å²) < 4.78 is 1.23. The van der Waals surface area contributed by atoms with Crippen LogP contribution in [0.4, 0.5) is 0 Å². The summed E-state index contributed by atoms with van der Waals surface area (Å²) in [5.41, 5.74) is 3.31. The van der Waals surface area contributed by atoms with E-state index in [2.05, 4.69) is 15.1 Å². The maximum absolute atomic E-state index is 12.5. The summed E-state index contributed by atoms with van der Waals surface area (Å²) in [6, 6.07) is 13.5. The monoisotopic (exact) mass is 346 g/mol. The highest BCUT2D eigenvalue weighted by Gasteiger charge is 2.11. The Balaban J connectivity index is 1.81. The van der Waals surface area contributed by atoms with Crippen molar-refractivity contribution in [2.45, 2.75) is 6.92 Å². The highest BCUT2D eigenvalue weighted by molar-refractivity contribution is 5.87. The van der Waals surface area contributed by atoms with Crippen LogP contribution < -0.4 is 5.56 Å². The molecule has 7 heteroatoms. The summed E-state index contributed by atoms with van der Waals surface area (Å²) in [4.78, 5) is 30.5. The number of carboxylic acids is 1. The molecule has 7 nitrogen and oxygen atoms in total. The quantitative estimate of drug-likeness (QED) is 0.594. The van der Waals surface area contributed by atoms with Gasteiger partial charge in [-0.05, 0) is 30.2 Å². The van der Waals surface area contributed by atoms with E-state index in [-0.39, 0.29) is 17.1 Å². The third kappa shape index (κ3) is 2.75. The van der Waals surface area contributed by atoms with Crippen molar-refractivity contribution >= 4 is 16.9 Å². The predicted molar refractivity (Wildman–Crippen MR) is 96.6 cm³/mol. The third-order valence-electron chi connectivity index (χ3n) is 4.12. The smallest absolute Gasteiger partial charge is 0.338 e. The van der Waals surface area contributed by atoms with Gasteiger partial charge in [0.1, 0.15) is 0 Å². The predicted octanol–water partition coefficient (Wildman–Crippen LogP) is 2.78. The van der Waals surface area contributed by atoms with Crippen LogP contribution in [0.1, 0.15) is 15.9 Å². The second kappa shape index (κ2) is 5.96. The van der Waals surface area contributed by atoms with Crippen molar-refractivity contribution in [2.75, 3.05) is 0 Å². The van der Waals surface area contributed by atoms with Crippen LogP contribution in [0.25, 0.3) is 28.0 Å². The van der Waals surface area contributed by atoms with E-state index in [1.807, 2.05) is 37.3 Å². The number of rotatable bonds is 3. The first kappa shape index (κ1) is 15.8. The molecule has 2 aromatic heterocycles. The Kier molecular flexibility index (Phi) is 3.62. The molecule has 0 atom stereocenters. The van der Waals surface area contributed by atoms with Gasteiger partial charge in [-0.1, -0.05) is 35.9 Å². The van der Waals surface area contributed by atoms with E-state index >= 15 is 0 Å². The van der Waals surface area contributed by atoms with Crippen molar-refractivity contribution < 1.29 is 9.90 Å². The Morgan fingerprint density at radius 3 is 2.54 bits per heavy atom. The van der Waals surface area contributed by atoms with Gasteiger partial charge in [0.15, 0.2) is 0 Å². The van der Waals surface area contributed by atoms with Crippen LogP contribution in [0.3, 0.4) is 0 Å². The number of aryl methyl sites for hydroxylation is 1. The second-order valence-corrected chi connectivity index (χ2v) is 5.97. The van der Waals surface area contributed by atoms with E-state index in [9.17, 15) is 9.59 Å². The number of fused-ring (bicyclic) bond motifs is 1. The van der Waals surface area contributed by atoms with E-state index in [0.717, 1.165) is 11.1 Å². The van der Waals surface area contributed by atoms with Gasteiger partial charge in [-0.3, -0.25) is 9.78 Å². The number of hydrogen-bond acceptors (Lipinski definition) is 4. The Hall–Kier alpha value is -3.74.